The van der Waals surface area contributed by atoms with Crippen LogP contribution in [0, 0.1) is 6.92 Å². The molecule has 0 saturated carbocycles. The van der Waals surface area contributed by atoms with Gasteiger partial charge in [-0.2, -0.15) is 5.10 Å². The summed E-state index contributed by atoms with van der Waals surface area (Å²) in [6, 6.07) is 12.6. The van der Waals surface area contributed by atoms with Crippen molar-refractivity contribution in [3.8, 4) is 0 Å². The number of nitrogens with one attached hydrogen (secondary N) is 1. The number of carbonyl (C=O) groups excluding carboxylic acids is 2. The molecule has 38 heavy (non-hydrogen) atoms. The lowest BCUT2D eigenvalue weighted by Crippen LogP contribution is -2.48. The van der Waals surface area contributed by atoms with Gasteiger partial charge < -0.3 is 10.2 Å². The van der Waals surface area contributed by atoms with Crippen molar-refractivity contribution >= 4 is 28.4 Å². The number of unbranched alkanes of at least 4 members (excludes halogenated alkanes) is 2. The van der Waals surface area contributed by atoms with E-state index in [-0.39, 0.29) is 24.9 Å². The summed E-state index contributed by atoms with van der Waals surface area (Å²) in [5.74, 6) is -0.103. The predicted octanol–water partition coefficient (Wildman–Crippen LogP) is 4.18. The quantitative estimate of drug-likeness (QED) is 0.409. The Hall–Kier alpha value is -3.39. The third kappa shape index (κ3) is 5.55. The zero-order chi connectivity index (χ0) is 26.6. The van der Waals surface area contributed by atoms with E-state index in [1.165, 1.54) is 28.6 Å². The van der Waals surface area contributed by atoms with Crippen LogP contribution in [0.1, 0.15) is 61.4 Å². The van der Waals surface area contributed by atoms with Gasteiger partial charge in [0.25, 0.3) is 5.91 Å². The summed E-state index contributed by atoms with van der Waals surface area (Å²) in [6.45, 7) is 7.49. The molecular weight excluding hydrogens is 476 g/mol. The number of benzene rings is 2. The molecule has 2 aliphatic rings. The number of hydrazine groups is 1. The van der Waals surface area contributed by atoms with Crippen LogP contribution in [0.3, 0.4) is 0 Å². The van der Waals surface area contributed by atoms with Crippen LogP contribution < -0.4 is 10.2 Å². The minimum Gasteiger partial charge on any atom is -0.355 e. The number of likely N-dealkylation sites (N-methyl/N-ethyl adjacent to an activating group) is 1. The monoisotopic (exact) mass is 516 g/mol. The molecule has 0 aliphatic carbocycles. The molecule has 0 bridgehead atoms. The van der Waals surface area contributed by atoms with Crippen LogP contribution in [0.4, 0.5) is 5.69 Å². The van der Waals surface area contributed by atoms with Crippen LogP contribution in [0.2, 0.25) is 0 Å². The molecule has 202 valence electrons. The third-order valence-electron chi connectivity index (χ3n) is 7.91. The van der Waals surface area contributed by atoms with Crippen LogP contribution >= 0.6 is 0 Å². The molecule has 0 atom stereocenters. The number of aryl methyl sites for hydroxylation is 3. The topological polar surface area (TPSA) is 73.7 Å². The van der Waals surface area contributed by atoms with Gasteiger partial charge in [-0.1, -0.05) is 44.0 Å². The van der Waals surface area contributed by atoms with Crippen molar-refractivity contribution in [1.29, 1.82) is 0 Å². The van der Waals surface area contributed by atoms with E-state index in [1.807, 2.05) is 24.1 Å². The van der Waals surface area contributed by atoms with Crippen LogP contribution in [-0.2, 0) is 35.6 Å². The fourth-order valence-corrected chi connectivity index (χ4v) is 5.68. The maximum Gasteiger partial charge on any atom is 0.256 e. The zero-order valence-corrected chi connectivity index (χ0v) is 23.0. The number of aromatic nitrogens is 2. The molecule has 1 N–H and O–H groups in total. The van der Waals surface area contributed by atoms with E-state index < -0.39 is 0 Å². The summed E-state index contributed by atoms with van der Waals surface area (Å²) in [5.41, 5.74) is 6.68. The van der Waals surface area contributed by atoms with Gasteiger partial charge in [0.05, 0.1) is 18.6 Å². The maximum absolute atomic E-state index is 13.6. The maximum atomic E-state index is 13.6. The molecule has 3 aromatic rings. The highest BCUT2D eigenvalue weighted by molar-refractivity contribution is 5.91. The van der Waals surface area contributed by atoms with Gasteiger partial charge in [-0.3, -0.25) is 19.3 Å². The molecule has 1 aromatic heterocycles. The first-order valence-electron chi connectivity index (χ1n) is 14.0. The first-order chi connectivity index (χ1) is 18.4. The molecular formula is C30H40N6O2. The Kier molecular flexibility index (Phi) is 7.98. The summed E-state index contributed by atoms with van der Waals surface area (Å²) in [4.78, 5) is 28.5. The highest BCUT2D eigenvalue weighted by atomic mass is 16.2. The van der Waals surface area contributed by atoms with Gasteiger partial charge in [-0.05, 0) is 61.4 Å². The van der Waals surface area contributed by atoms with Gasteiger partial charge in [0.2, 0.25) is 5.91 Å². The molecule has 8 heteroatoms. The molecule has 2 aliphatic heterocycles. The van der Waals surface area contributed by atoms with Crippen molar-refractivity contribution < 1.29 is 9.59 Å². The van der Waals surface area contributed by atoms with Crippen LogP contribution in [0.5, 0.6) is 0 Å². The summed E-state index contributed by atoms with van der Waals surface area (Å²) < 4.78 is 2.13. The fourth-order valence-electron chi connectivity index (χ4n) is 5.68. The number of nitrogens with zero attached hydrogens (tertiary/aromatic N) is 5. The Balaban J connectivity index is 1.37. The number of rotatable bonds is 10. The average molecular weight is 517 g/mol. The van der Waals surface area contributed by atoms with Gasteiger partial charge in [-0.25, -0.2) is 5.01 Å². The second-order valence-corrected chi connectivity index (χ2v) is 10.7. The molecule has 0 saturated heterocycles. The Morgan fingerprint density at radius 1 is 1.05 bits per heavy atom. The van der Waals surface area contributed by atoms with Gasteiger partial charge in [0, 0.05) is 50.0 Å². The molecule has 0 radical (unpaired) electrons. The zero-order valence-electron chi connectivity index (χ0n) is 23.0. The van der Waals surface area contributed by atoms with Crippen molar-refractivity contribution in [1.82, 2.24) is 25.1 Å². The third-order valence-corrected chi connectivity index (χ3v) is 7.91. The minimum atomic E-state index is -0.0613. The Labute approximate surface area is 225 Å². The summed E-state index contributed by atoms with van der Waals surface area (Å²) in [6.07, 6.45) is 6.54. The van der Waals surface area contributed by atoms with Crippen molar-refractivity contribution in [2.45, 2.75) is 72.0 Å². The van der Waals surface area contributed by atoms with Gasteiger partial charge >= 0.3 is 0 Å². The number of amides is 2. The van der Waals surface area contributed by atoms with Crippen LogP contribution in [0.25, 0.3) is 10.9 Å². The highest BCUT2D eigenvalue weighted by Gasteiger charge is 2.27. The van der Waals surface area contributed by atoms with Crippen molar-refractivity contribution in [2.24, 2.45) is 0 Å². The molecule has 0 spiro atoms. The van der Waals surface area contributed by atoms with Gasteiger partial charge in [0.1, 0.15) is 0 Å². The number of fused-ring (bicyclic) bond motifs is 4. The van der Waals surface area contributed by atoms with Crippen molar-refractivity contribution in [3.05, 3.63) is 58.8 Å². The average Bonchev–Trinajstić information content (AvgIpc) is 3.51. The van der Waals surface area contributed by atoms with E-state index in [0.29, 0.717) is 19.6 Å². The molecule has 2 aromatic carbocycles. The van der Waals surface area contributed by atoms with E-state index in [4.69, 9.17) is 5.10 Å². The van der Waals surface area contributed by atoms with Gasteiger partial charge in [-0.15, -0.1) is 0 Å². The fraction of sp³-hybridized carbons (Fsp3) is 0.500. The molecule has 8 nitrogen and oxygen atoms in total. The first kappa shape index (κ1) is 26.2. The SMILES string of the molecule is CCCCCNC(=O)CN(CC(=O)N(C)N1Cc2ccccc2C1)c1cc2nn3c(c2cc1C)CCCC3. The van der Waals surface area contributed by atoms with Crippen molar-refractivity contribution in [3.63, 3.8) is 0 Å². The smallest absolute Gasteiger partial charge is 0.256 e. The molecule has 5 rings (SSSR count). The van der Waals surface area contributed by atoms with E-state index in [0.717, 1.165) is 55.4 Å². The van der Waals surface area contributed by atoms with Crippen molar-refractivity contribution in [2.75, 3.05) is 31.6 Å². The normalized spacial score (nSPS) is 14.8. The van der Waals surface area contributed by atoms with Crippen LogP contribution in [0.15, 0.2) is 36.4 Å². The number of carbonyl (C=O) groups is 2. The Morgan fingerprint density at radius 2 is 1.82 bits per heavy atom. The highest BCUT2D eigenvalue weighted by Crippen LogP contribution is 2.31. The molecule has 2 amide bonds. The largest absolute Gasteiger partial charge is 0.355 e. The van der Waals surface area contributed by atoms with E-state index >= 15 is 0 Å². The lowest BCUT2D eigenvalue weighted by molar-refractivity contribution is -0.145. The minimum absolute atomic E-state index is 0.0415. The standard InChI is InChI=1S/C30H40N6O2/c1-4-5-9-14-31-29(37)20-34(21-30(38)33(3)35-18-23-11-6-7-12-24(23)19-35)28-17-26-25(16-22(28)2)27-13-8-10-15-36(27)32-26/h6-7,11-12,16-17H,4-5,8-10,13-15,18-21H2,1-3H3,(H,31,37). The summed E-state index contributed by atoms with van der Waals surface area (Å²) in [7, 11) is 1.83. The lowest BCUT2D eigenvalue weighted by atomic mass is 10.0. The predicted molar refractivity (Wildman–Crippen MR) is 151 cm³/mol. The second kappa shape index (κ2) is 11.6. The van der Waals surface area contributed by atoms with Crippen LogP contribution in [-0.4, -0.2) is 58.3 Å². The number of anilines is 1. The summed E-state index contributed by atoms with van der Waals surface area (Å²) >= 11 is 0. The van der Waals surface area contributed by atoms with E-state index in [2.05, 4.69) is 53.1 Å². The Morgan fingerprint density at radius 3 is 2.55 bits per heavy atom. The molecule has 3 heterocycles. The number of hydrogen-bond donors (Lipinski definition) is 1. The van der Waals surface area contributed by atoms with E-state index in [1.54, 1.807) is 5.01 Å². The Bertz CT molecular complexity index is 1290. The van der Waals surface area contributed by atoms with E-state index in [9.17, 15) is 9.59 Å². The summed E-state index contributed by atoms with van der Waals surface area (Å²) in [5, 5.41) is 12.9. The molecule has 0 unspecified atom stereocenters. The van der Waals surface area contributed by atoms with Gasteiger partial charge in [0.15, 0.2) is 0 Å². The molecule has 0 fully saturated rings. The second-order valence-electron chi connectivity index (χ2n) is 10.7. The first-order valence-corrected chi connectivity index (χ1v) is 14.0. The number of hydrogen-bond acceptors (Lipinski definition) is 5. The lowest BCUT2D eigenvalue weighted by Gasteiger charge is -2.32.